The summed E-state index contributed by atoms with van der Waals surface area (Å²) in [5.74, 6) is 0.699. The van der Waals surface area contributed by atoms with Crippen molar-refractivity contribution < 1.29 is 9.53 Å². The summed E-state index contributed by atoms with van der Waals surface area (Å²) in [6, 6.07) is 14.8. The van der Waals surface area contributed by atoms with E-state index in [0.29, 0.717) is 28.8 Å². The Balaban J connectivity index is 1.70. The molecule has 1 amide bonds. The summed E-state index contributed by atoms with van der Waals surface area (Å²) in [4.78, 5) is 20.7. The van der Waals surface area contributed by atoms with Crippen molar-refractivity contribution in [3.63, 3.8) is 0 Å². The van der Waals surface area contributed by atoms with E-state index in [1.807, 2.05) is 31.2 Å². The van der Waals surface area contributed by atoms with Gasteiger partial charge in [0.1, 0.15) is 23.6 Å². The molecule has 1 aromatic heterocycles. The highest BCUT2D eigenvalue weighted by Crippen LogP contribution is 2.28. The molecule has 3 rings (SSSR count). The average molecular weight is 383 g/mol. The molecule has 27 heavy (non-hydrogen) atoms. The van der Waals surface area contributed by atoms with Gasteiger partial charge in [-0.25, -0.2) is 9.97 Å². The van der Waals surface area contributed by atoms with Crippen molar-refractivity contribution in [3.8, 4) is 5.75 Å². The van der Waals surface area contributed by atoms with Crippen LogP contribution < -0.4 is 15.4 Å². The van der Waals surface area contributed by atoms with Crippen LogP contribution in [0, 0.1) is 6.92 Å². The number of methoxy groups -OCH3 is 1. The van der Waals surface area contributed by atoms with Gasteiger partial charge in [-0.05, 0) is 30.7 Å². The molecule has 0 saturated heterocycles. The number of anilines is 2. The fourth-order valence-electron chi connectivity index (χ4n) is 2.44. The van der Waals surface area contributed by atoms with E-state index in [1.54, 1.807) is 24.3 Å². The number of amides is 1. The standard InChI is InChI=1S/C20H19ClN4O2/c1-13-3-5-14(6-4-13)11-22-19-10-17(23-12-24-19)20(26)25-16-9-15(21)7-8-18(16)27-2/h3-10,12H,11H2,1-2H3,(H,25,26)(H,22,23,24). The second-order valence-corrected chi connectivity index (χ2v) is 6.36. The first-order valence-electron chi connectivity index (χ1n) is 8.31. The molecule has 2 aromatic carbocycles. The molecule has 2 N–H and O–H groups in total. The van der Waals surface area contributed by atoms with Crippen LogP contribution in [0.5, 0.6) is 5.75 Å². The lowest BCUT2D eigenvalue weighted by molar-refractivity contribution is 0.102. The third-order valence-electron chi connectivity index (χ3n) is 3.90. The highest BCUT2D eigenvalue weighted by atomic mass is 35.5. The smallest absolute Gasteiger partial charge is 0.274 e. The molecule has 138 valence electrons. The van der Waals surface area contributed by atoms with Crippen molar-refractivity contribution in [3.05, 3.63) is 76.7 Å². The van der Waals surface area contributed by atoms with Gasteiger partial charge >= 0.3 is 0 Å². The summed E-state index contributed by atoms with van der Waals surface area (Å²) in [6.45, 7) is 2.64. The highest BCUT2D eigenvalue weighted by molar-refractivity contribution is 6.31. The van der Waals surface area contributed by atoms with Crippen LogP contribution in [0.1, 0.15) is 21.6 Å². The molecule has 7 heteroatoms. The van der Waals surface area contributed by atoms with Gasteiger partial charge in [-0.1, -0.05) is 41.4 Å². The van der Waals surface area contributed by atoms with Gasteiger partial charge in [0.25, 0.3) is 5.91 Å². The molecule has 0 aliphatic carbocycles. The number of hydrogen-bond donors (Lipinski definition) is 2. The van der Waals surface area contributed by atoms with E-state index in [4.69, 9.17) is 16.3 Å². The SMILES string of the molecule is COc1ccc(Cl)cc1NC(=O)c1cc(NCc2ccc(C)cc2)ncn1. The molecular formula is C20H19ClN4O2. The lowest BCUT2D eigenvalue weighted by atomic mass is 10.1. The predicted octanol–water partition coefficient (Wildman–Crippen LogP) is 4.31. The van der Waals surface area contributed by atoms with Crippen molar-refractivity contribution in [1.29, 1.82) is 0 Å². The van der Waals surface area contributed by atoms with Gasteiger partial charge in [0.05, 0.1) is 12.8 Å². The number of nitrogens with zero attached hydrogens (tertiary/aromatic N) is 2. The van der Waals surface area contributed by atoms with Gasteiger partial charge in [0, 0.05) is 17.6 Å². The average Bonchev–Trinajstić information content (AvgIpc) is 2.68. The first-order valence-corrected chi connectivity index (χ1v) is 8.69. The monoisotopic (exact) mass is 382 g/mol. The molecule has 1 heterocycles. The van der Waals surface area contributed by atoms with Crippen molar-refractivity contribution in [2.24, 2.45) is 0 Å². The van der Waals surface area contributed by atoms with E-state index in [9.17, 15) is 4.79 Å². The van der Waals surface area contributed by atoms with Gasteiger partial charge in [-0.2, -0.15) is 0 Å². The predicted molar refractivity (Wildman–Crippen MR) is 106 cm³/mol. The Hall–Kier alpha value is -3.12. The number of hydrogen-bond acceptors (Lipinski definition) is 5. The number of halogens is 1. The highest BCUT2D eigenvalue weighted by Gasteiger charge is 2.12. The molecule has 0 atom stereocenters. The zero-order valence-electron chi connectivity index (χ0n) is 15.0. The molecule has 0 aliphatic heterocycles. The maximum atomic E-state index is 12.5. The summed E-state index contributed by atoms with van der Waals surface area (Å²) in [5, 5.41) is 6.45. The normalized spacial score (nSPS) is 10.3. The van der Waals surface area contributed by atoms with Crippen LogP contribution in [0.4, 0.5) is 11.5 Å². The lowest BCUT2D eigenvalue weighted by Gasteiger charge is -2.11. The van der Waals surface area contributed by atoms with Crippen molar-refractivity contribution >= 4 is 29.0 Å². The number of aromatic nitrogens is 2. The molecule has 0 unspecified atom stereocenters. The first-order chi connectivity index (χ1) is 13.0. The van der Waals surface area contributed by atoms with Gasteiger partial charge in [-0.3, -0.25) is 4.79 Å². The molecule has 0 spiro atoms. The van der Waals surface area contributed by atoms with Gasteiger partial charge in [0.2, 0.25) is 0 Å². The van der Waals surface area contributed by atoms with Crippen LogP contribution in [0.3, 0.4) is 0 Å². The minimum atomic E-state index is -0.378. The number of rotatable bonds is 6. The van der Waals surface area contributed by atoms with E-state index in [1.165, 1.54) is 19.0 Å². The van der Waals surface area contributed by atoms with E-state index < -0.39 is 0 Å². The fraction of sp³-hybridized carbons (Fsp3) is 0.150. The first kappa shape index (κ1) is 18.7. The van der Waals surface area contributed by atoms with Crippen LogP contribution >= 0.6 is 11.6 Å². The summed E-state index contributed by atoms with van der Waals surface area (Å²) in [5.41, 5.74) is 3.03. The van der Waals surface area contributed by atoms with E-state index in [-0.39, 0.29) is 11.6 Å². The van der Waals surface area contributed by atoms with Crippen molar-refractivity contribution in [1.82, 2.24) is 9.97 Å². The number of aryl methyl sites for hydroxylation is 1. The number of benzene rings is 2. The topological polar surface area (TPSA) is 76.1 Å². The molecule has 0 aliphatic rings. The molecule has 0 saturated carbocycles. The second kappa shape index (κ2) is 8.51. The molecule has 0 bridgehead atoms. The van der Waals surface area contributed by atoms with Crippen molar-refractivity contribution in [2.45, 2.75) is 13.5 Å². The minimum Gasteiger partial charge on any atom is -0.495 e. The Morgan fingerprint density at radius 1 is 1.11 bits per heavy atom. The Kier molecular flexibility index (Phi) is 5.88. The summed E-state index contributed by atoms with van der Waals surface area (Å²) in [6.07, 6.45) is 1.35. The zero-order valence-corrected chi connectivity index (χ0v) is 15.7. The summed E-state index contributed by atoms with van der Waals surface area (Å²) < 4.78 is 5.24. The number of ether oxygens (including phenoxy) is 1. The zero-order chi connectivity index (χ0) is 19.2. The molecule has 0 radical (unpaired) electrons. The fourth-order valence-corrected chi connectivity index (χ4v) is 2.61. The van der Waals surface area contributed by atoms with Gasteiger partial charge in [0.15, 0.2) is 0 Å². The molecule has 0 fully saturated rings. The minimum absolute atomic E-state index is 0.235. The maximum absolute atomic E-state index is 12.5. The van der Waals surface area contributed by atoms with E-state index >= 15 is 0 Å². The van der Waals surface area contributed by atoms with Crippen LogP contribution in [0.15, 0.2) is 54.9 Å². The molecule has 3 aromatic rings. The quantitative estimate of drug-likeness (QED) is 0.664. The number of carbonyl (C=O) groups is 1. The van der Waals surface area contributed by atoms with Gasteiger partial charge in [-0.15, -0.1) is 0 Å². The molecule has 6 nitrogen and oxygen atoms in total. The Labute approximate surface area is 162 Å². The summed E-state index contributed by atoms with van der Waals surface area (Å²) >= 11 is 6.00. The summed E-state index contributed by atoms with van der Waals surface area (Å²) in [7, 11) is 1.52. The third kappa shape index (κ3) is 4.95. The third-order valence-corrected chi connectivity index (χ3v) is 4.14. The van der Waals surface area contributed by atoms with Crippen LogP contribution in [0.25, 0.3) is 0 Å². The van der Waals surface area contributed by atoms with E-state index in [2.05, 4.69) is 20.6 Å². The van der Waals surface area contributed by atoms with Crippen molar-refractivity contribution in [2.75, 3.05) is 17.7 Å². The van der Waals surface area contributed by atoms with Crippen LogP contribution in [-0.2, 0) is 6.54 Å². The maximum Gasteiger partial charge on any atom is 0.274 e. The Bertz CT molecular complexity index is 945. The number of carbonyl (C=O) groups excluding carboxylic acids is 1. The Morgan fingerprint density at radius 2 is 1.89 bits per heavy atom. The number of nitrogens with one attached hydrogen (secondary N) is 2. The second-order valence-electron chi connectivity index (χ2n) is 5.93. The lowest BCUT2D eigenvalue weighted by Crippen LogP contribution is -2.15. The largest absolute Gasteiger partial charge is 0.495 e. The van der Waals surface area contributed by atoms with Crippen LogP contribution in [-0.4, -0.2) is 23.0 Å². The Morgan fingerprint density at radius 3 is 2.63 bits per heavy atom. The van der Waals surface area contributed by atoms with Crippen LogP contribution in [0.2, 0.25) is 5.02 Å². The molecular weight excluding hydrogens is 364 g/mol. The van der Waals surface area contributed by atoms with E-state index in [0.717, 1.165) is 5.56 Å². The van der Waals surface area contributed by atoms with Gasteiger partial charge < -0.3 is 15.4 Å².